The van der Waals surface area contributed by atoms with Crippen LogP contribution in [0.5, 0.6) is 5.75 Å². The summed E-state index contributed by atoms with van der Waals surface area (Å²) in [5, 5.41) is 9.74. The molecule has 3 rings (SSSR count). The zero-order valence-corrected chi connectivity index (χ0v) is 17.5. The average molecular weight is 398 g/mol. The minimum Gasteiger partial charge on any atom is -0.497 e. The Morgan fingerprint density at radius 1 is 1.36 bits per heavy atom. The van der Waals surface area contributed by atoms with E-state index < -0.39 is 5.60 Å². The Hall–Kier alpha value is -2.13. The maximum atomic E-state index is 12.9. The smallest absolute Gasteiger partial charge is 0.167 e. The number of rotatable bonds is 5. The summed E-state index contributed by atoms with van der Waals surface area (Å²) in [4.78, 5) is 17.5. The normalized spacial score (nSPS) is 17.6. The van der Waals surface area contributed by atoms with Crippen LogP contribution in [0, 0.1) is 17.8 Å². The van der Waals surface area contributed by atoms with Crippen molar-refractivity contribution in [1.82, 2.24) is 4.90 Å². The van der Waals surface area contributed by atoms with Gasteiger partial charge in [0, 0.05) is 29.4 Å². The summed E-state index contributed by atoms with van der Waals surface area (Å²) in [7, 11) is 1.62. The molecule has 2 aromatic rings. The Labute approximate surface area is 171 Å². The van der Waals surface area contributed by atoms with Crippen LogP contribution in [0.1, 0.15) is 46.8 Å². The lowest BCUT2D eigenvalue weighted by molar-refractivity contribution is 0.0812. The van der Waals surface area contributed by atoms with Gasteiger partial charge in [-0.3, -0.25) is 9.69 Å². The van der Waals surface area contributed by atoms with Crippen LogP contribution < -0.4 is 4.74 Å². The van der Waals surface area contributed by atoms with Gasteiger partial charge in [0.1, 0.15) is 11.4 Å². The van der Waals surface area contributed by atoms with Crippen LogP contribution >= 0.6 is 11.3 Å². The number of hydrogen-bond acceptors (Lipinski definition) is 5. The number of carbonyl (C=O) groups excluding carboxylic acids is 1. The second kappa shape index (κ2) is 8.91. The van der Waals surface area contributed by atoms with Crippen molar-refractivity contribution < 1.29 is 14.6 Å². The van der Waals surface area contributed by atoms with Crippen molar-refractivity contribution in [3.8, 4) is 17.6 Å². The highest BCUT2D eigenvalue weighted by Gasteiger charge is 2.27. The van der Waals surface area contributed by atoms with Crippen molar-refractivity contribution in [2.75, 3.05) is 20.2 Å². The van der Waals surface area contributed by atoms with E-state index >= 15 is 0 Å². The highest BCUT2D eigenvalue weighted by molar-refractivity contribution is 7.12. The molecule has 2 heterocycles. The lowest BCUT2D eigenvalue weighted by atomic mass is 9.90. The third kappa shape index (κ3) is 5.68. The molecule has 28 heavy (non-hydrogen) atoms. The zero-order valence-electron chi connectivity index (χ0n) is 16.7. The van der Waals surface area contributed by atoms with Crippen molar-refractivity contribution in [2.24, 2.45) is 5.92 Å². The van der Waals surface area contributed by atoms with Gasteiger partial charge in [-0.05, 0) is 57.5 Å². The maximum absolute atomic E-state index is 12.9. The number of piperidine rings is 1. The quantitative estimate of drug-likeness (QED) is 0.613. The van der Waals surface area contributed by atoms with E-state index in [0.717, 1.165) is 48.7 Å². The van der Waals surface area contributed by atoms with Crippen molar-refractivity contribution in [3.05, 3.63) is 51.7 Å². The molecule has 0 aliphatic carbocycles. The van der Waals surface area contributed by atoms with Gasteiger partial charge in [-0.1, -0.05) is 24.0 Å². The van der Waals surface area contributed by atoms with Crippen LogP contribution in [0.4, 0.5) is 0 Å². The second-order valence-corrected chi connectivity index (χ2v) is 8.91. The lowest BCUT2D eigenvalue weighted by Crippen LogP contribution is -2.38. The Morgan fingerprint density at radius 3 is 2.93 bits per heavy atom. The molecular formula is C23H27NO3S. The zero-order chi connectivity index (χ0) is 20.1. The van der Waals surface area contributed by atoms with Gasteiger partial charge in [-0.15, -0.1) is 11.3 Å². The second-order valence-electron chi connectivity index (χ2n) is 7.75. The third-order valence-corrected chi connectivity index (χ3v) is 5.75. The first-order valence-electron chi connectivity index (χ1n) is 9.59. The number of ketones is 1. The fraction of sp³-hybridized carbons (Fsp3) is 0.435. The van der Waals surface area contributed by atoms with Gasteiger partial charge in [0.25, 0.3) is 0 Å². The first-order chi connectivity index (χ1) is 13.3. The SMILES string of the molecule is COc1cccc(C(=O)[C@@H]2CCCN(Cc3ccc(C#CC(C)(C)O)s3)C2)c1. The Bertz CT molecular complexity index is 885. The van der Waals surface area contributed by atoms with Gasteiger partial charge in [-0.2, -0.15) is 0 Å². The van der Waals surface area contributed by atoms with Crippen molar-refractivity contribution in [3.63, 3.8) is 0 Å². The molecule has 0 amide bonds. The molecule has 1 fully saturated rings. The summed E-state index contributed by atoms with van der Waals surface area (Å²) in [6, 6.07) is 11.5. The van der Waals surface area contributed by atoms with Gasteiger partial charge in [0.15, 0.2) is 5.78 Å². The van der Waals surface area contributed by atoms with Crippen LogP contribution in [0.15, 0.2) is 36.4 Å². The average Bonchev–Trinajstić information content (AvgIpc) is 3.13. The van der Waals surface area contributed by atoms with Crippen molar-refractivity contribution >= 4 is 17.1 Å². The van der Waals surface area contributed by atoms with Gasteiger partial charge in [0.05, 0.1) is 12.0 Å². The van der Waals surface area contributed by atoms with Crippen LogP contribution in [-0.4, -0.2) is 41.6 Å². The minimum atomic E-state index is -0.981. The third-order valence-electron chi connectivity index (χ3n) is 4.76. The first kappa shape index (κ1) is 20.6. The van der Waals surface area contributed by atoms with Crippen LogP contribution in [0.25, 0.3) is 0 Å². The number of thiophene rings is 1. The van der Waals surface area contributed by atoms with Crippen molar-refractivity contribution in [2.45, 2.75) is 38.8 Å². The highest BCUT2D eigenvalue weighted by Crippen LogP contribution is 2.25. The largest absolute Gasteiger partial charge is 0.497 e. The molecule has 0 spiro atoms. The predicted octanol–water partition coefficient (Wildman–Crippen LogP) is 3.97. The molecule has 1 N–H and O–H groups in total. The molecule has 4 nitrogen and oxygen atoms in total. The van der Waals surface area contributed by atoms with E-state index in [1.807, 2.05) is 30.3 Å². The molecule has 0 bridgehead atoms. The number of carbonyl (C=O) groups is 1. The predicted molar refractivity (Wildman–Crippen MR) is 113 cm³/mol. The molecule has 1 aromatic carbocycles. The lowest BCUT2D eigenvalue weighted by Gasteiger charge is -2.31. The molecule has 0 radical (unpaired) electrons. The molecule has 5 heteroatoms. The van der Waals surface area contributed by atoms with E-state index in [1.165, 1.54) is 4.88 Å². The summed E-state index contributed by atoms with van der Waals surface area (Å²) < 4.78 is 5.25. The van der Waals surface area contributed by atoms with E-state index in [1.54, 1.807) is 32.3 Å². The van der Waals surface area contributed by atoms with Gasteiger partial charge in [0.2, 0.25) is 0 Å². The number of methoxy groups -OCH3 is 1. The summed E-state index contributed by atoms with van der Waals surface area (Å²) in [5.41, 5.74) is -0.253. The molecule has 0 unspecified atom stereocenters. The summed E-state index contributed by atoms with van der Waals surface area (Å²) in [5.74, 6) is 6.83. The van der Waals surface area contributed by atoms with Crippen LogP contribution in [-0.2, 0) is 6.54 Å². The minimum absolute atomic E-state index is 0.0234. The van der Waals surface area contributed by atoms with E-state index in [2.05, 4.69) is 22.8 Å². The molecule has 148 valence electrons. The Kier molecular flexibility index (Phi) is 6.56. The molecule has 1 saturated heterocycles. The Balaban J connectivity index is 1.63. The standard InChI is InChI=1S/C23H27NO3S/c1-23(2,26)12-11-20-9-10-21(28-20)16-24-13-5-7-18(15-24)22(25)17-6-4-8-19(14-17)27-3/h4,6,8-10,14,18,26H,5,7,13,15-16H2,1-3H3/t18-/m1/s1. The summed E-state index contributed by atoms with van der Waals surface area (Å²) in [6.45, 7) is 5.98. The molecule has 1 aliphatic rings. The molecule has 0 saturated carbocycles. The number of ether oxygens (including phenoxy) is 1. The topological polar surface area (TPSA) is 49.8 Å². The maximum Gasteiger partial charge on any atom is 0.167 e. The number of hydrogen-bond donors (Lipinski definition) is 1. The first-order valence-corrected chi connectivity index (χ1v) is 10.4. The highest BCUT2D eigenvalue weighted by atomic mass is 32.1. The van der Waals surface area contributed by atoms with Crippen LogP contribution in [0.2, 0.25) is 0 Å². The van der Waals surface area contributed by atoms with E-state index in [9.17, 15) is 9.90 Å². The number of aliphatic hydroxyl groups is 1. The summed E-state index contributed by atoms with van der Waals surface area (Å²) >= 11 is 1.65. The van der Waals surface area contributed by atoms with Gasteiger partial charge in [-0.25, -0.2) is 0 Å². The van der Waals surface area contributed by atoms with E-state index in [0.29, 0.717) is 0 Å². The van der Waals surface area contributed by atoms with Crippen LogP contribution in [0.3, 0.4) is 0 Å². The molecule has 1 atom stereocenters. The Morgan fingerprint density at radius 2 is 2.18 bits per heavy atom. The number of likely N-dealkylation sites (tertiary alicyclic amines) is 1. The number of benzene rings is 1. The van der Waals surface area contributed by atoms with E-state index in [-0.39, 0.29) is 11.7 Å². The fourth-order valence-corrected chi connectivity index (χ4v) is 4.29. The molecular weight excluding hydrogens is 370 g/mol. The van der Waals surface area contributed by atoms with Crippen molar-refractivity contribution in [1.29, 1.82) is 0 Å². The fourth-order valence-electron chi connectivity index (χ4n) is 3.39. The monoisotopic (exact) mass is 397 g/mol. The van der Waals surface area contributed by atoms with Gasteiger partial charge < -0.3 is 9.84 Å². The number of Topliss-reactive ketones (excluding diaryl/α,β-unsaturated/α-hetero) is 1. The number of nitrogens with zero attached hydrogens (tertiary/aromatic N) is 1. The molecule has 1 aromatic heterocycles. The van der Waals surface area contributed by atoms with E-state index in [4.69, 9.17) is 4.74 Å². The summed E-state index contributed by atoms with van der Waals surface area (Å²) in [6.07, 6.45) is 1.95. The van der Waals surface area contributed by atoms with Gasteiger partial charge >= 0.3 is 0 Å². The molecule has 1 aliphatic heterocycles.